The average molecular weight is 778 g/mol. The summed E-state index contributed by atoms with van der Waals surface area (Å²) in [5.74, 6) is -1.36. The number of hydrogen-bond acceptors (Lipinski definition) is 9. The number of alkyl halides is 3. The first-order valence-electron chi connectivity index (χ1n) is 17.8. The normalized spacial score (nSPS) is 22.4. The Labute approximate surface area is 309 Å². The van der Waals surface area contributed by atoms with Gasteiger partial charge in [0.15, 0.2) is 6.61 Å². The van der Waals surface area contributed by atoms with Crippen LogP contribution in [0.4, 0.5) is 13.2 Å². The molecule has 3 aromatic rings. The highest BCUT2D eigenvalue weighted by molar-refractivity contribution is 7.56. The molecule has 1 aromatic carbocycles. The molecule has 0 bridgehead atoms. The number of benzene rings is 1. The van der Waals surface area contributed by atoms with Gasteiger partial charge in [0.25, 0.3) is 13.4 Å². The minimum atomic E-state index is -4.76. The molecule has 1 unspecified atom stereocenters. The van der Waals surface area contributed by atoms with Crippen molar-refractivity contribution < 1.29 is 46.2 Å². The number of ether oxygens (including phenoxy) is 1. The highest BCUT2D eigenvalue weighted by atomic mass is 32.1. The first-order valence-corrected chi connectivity index (χ1v) is 20.4. The van der Waals surface area contributed by atoms with E-state index in [0.29, 0.717) is 59.3 Å². The van der Waals surface area contributed by atoms with Gasteiger partial charge < -0.3 is 24.4 Å². The zero-order valence-corrected chi connectivity index (χ0v) is 31.2. The van der Waals surface area contributed by atoms with E-state index in [4.69, 9.17) is 9.26 Å². The van der Waals surface area contributed by atoms with Gasteiger partial charge in [0.1, 0.15) is 18.1 Å². The highest BCUT2D eigenvalue weighted by Crippen LogP contribution is 2.48. The fourth-order valence-corrected chi connectivity index (χ4v) is 10.1. The number of likely N-dealkylation sites (tertiary alicyclic amines) is 1. The third-order valence-electron chi connectivity index (χ3n) is 9.85. The van der Waals surface area contributed by atoms with Crippen LogP contribution < -0.4 is 10.4 Å². The smallest absolute Gasteiger partial charge is 0.412 e. The summed E-state index contributed by atoms with van der Waals surface area (Å²) in [4.78, 5) is 61.4. The van der Waals surface area contributed by atoms with E-state index < -0.39 is 56.5 Å². The first-order chi connectivity index (χ1) is 25.2. The van der Waals surface area contributed by atoms with Crippen molar-refractivity contribution in [1.82, 2.24) is 25.2 Å². The van der Waals surface area contributed by atoms with Crippen molar-refractivity contribution in [3.63, 3.8) is 0 Å². The molecule has 5 atom stereocenters. The Morgan fingerprint density at radius 2 is 1.91 bits per heavy atom. The predicted molar refractivity (Wildman–Crippen MR) is 191 cm³/mol. The van der Waals surface area contributed by atoms with Crippen LogP contribution >= 0.6 is 18.9 Å². The standard InChI is InChI=1S/C36H43F3N5O7PS/c1-3-14-50-35(48)22(2)42-52(49,51-21-36(37,38)39)20-23-9-12-30-25(15-23)16-31(53-30)32(45)41-28-8-4-7-27-10-11-29(44(27)33(28)46)34(47)43-18-26(19-43)24-6-5-13-40-17-24/h5-6,9,12-13,15-17,22,26-29H,3-4,7-8,10-11,14,18-21H2,1-2H3,(H,41,45)(H,42,49)/t22-,27-,28-,29-,52?/m0/s1. The third-order valence-corrected chi connectivity index (χ3v) is 13.1. The Morgan fingerprint density at radius 3 is 2.62 bits per heavy atom. The fraction of sp³-hybridized carbons (Fsp3) is 0.528. The highest BCUT2D eigenvalue weighted by Gasteiger charge is 2.47. The molecule has 17 heteroatoms. The number of halogens is 3. The van der Waals surface area contributed by atoms with Gasteiger partial charge in [0, 0.05) is 42.1 Å². The van der Waals surface area contributed by atoms with Gasteiger partial charge in [-0.05, 0) is 86.2 Å². The number of thiophene rings is 1. The van der Waals surface area contributed by atoms with Crippen molar-refractivity contribution in [2.45, 2.75) is 94.8 Å². The Hall–Kier alpha value is -3.85. The molecule has 53 heavy (non-hydrogen) atoms. The minimum absolute atomic E-state index is 0.0629. The summed E-state index contributed by atoms with van der Waals surface area (Å²) < 4.78 is 63.5. The van der Waals surface area contributed by atoms with Gasteiger partial charge in [-0.2, -0.15) is 13.2 Å². The number of fused-ring (bicyclic) bond motifs is 2. The molecule has 0 aliphatic carbocycles. The van der Waals surface area contributed by atoms with Crippen molar-refractivity contribution in [3.8, 4) is 0 Å². The second-order valence-electron chi connectivity index (χ2n) is 13.9. The number of pyridine rings is 1. The van der Waals surface area contributed by atoms with Crippen LogP contribution in [-0.2, 0) is 34.4 Å². The lowest BCUT2D eigenvalue weighted by atomic mass is 9.92. The lowest BCUT2D eigenvalue weighted by molar-refractivity contribution is -0.153. The summed E-state index contributed by atoms with van der Waals surface area (Å²) in [6.07, 6.45) is 2.03. The Balaban J connectivity index is 1.11. The van der Waals surface area contributed by atoms with Crippen LogP contribution in [0.2, 0.25) is 0 Å². The molecule has 12 nitrogen and oxygen atoms in total. The molecular weight excluding hydrogens is 734 g/mol. The number of rotatable bonds is 13. The Morgan fingerprint density at radius 1 is 1.11 bits per heavy atom. The van der Waals surface area contributed by atoms with Crippen LogP contribution in [0.1, 0.15) is 79.1 Å². The van der Waals surface area contributed by atoms with Crippen LogP contribution in [0.15, 0.2) is 48.8 Å². The number of carbonyl (C=O) groups is 4. The molecule has 0 saturated carbocycles. The molecule has 0 radical (unpaired) electrons. The van der Waals surface area contributed by atoms with Gasteiger partial charge in [0.2, 0.25) is 11.8 Å². The van der Waals surface area contributed by atoms with Crippen LogP contribution in [0, 0.1) is 0 Å². The van der Waals surface area contributed by atoms with E-state index >= 15 is 0 Å². The van der Waals surface area contributed by atoms with Gasteiger partial charge in [-0.15, -0.1) is 11.3 Å². The monoisotopic (exact) mass is 777 g/mol. The zero-order valence-electron chi connectivity index (χ0n) is 29.5. The summed E-state index contributed by atoms with van der Waals surface area (Å²) in [5.41, 5.74) is 1.44. The van der Waals surface area contributed by atoms with Gasteiger partial charge in [-0.25, -0.2) is 5.09 Å². The lowest BCUT2D eigenvalue weighted by Crippen LogP contribution is -2.58. The maximum absolute atomic E-state index is 14.0. The van der Waals surface area contributed by atoms with E-state index in [0.717, 1.165) is 18.4 Å². The number of carbonyl (C=O) groups excluding carboxylic acids is 4. The predicted octanol–water partition coefficient (Wildman–Crippen LogP) is 5.77. The molecular formula is C36H43F3N5O7PS. The van der Waals surface area contributed by atoms with E-state index in [1.54, 1.807) is 47.2 Å². The van der Waals surface area contributed by atoms with Crippen molar-refractivity contribution in [3.05, 3.63) is 64.8 Å². The molecule has 3 amide bonds. The second kappa shape index (κ2) is 16.3. The molecule has 3 saturated heterocycles. The van der Waals surface area contributed by atoms with Crippen LogP contribution in [0.3, 0.4) is 0 Å². The van der Waals surface area contributed by atoms with E-state index in [2.05, 4.69) is 15.4 Å². The number of amides is 3. The molecule has 6 rings (SSSR count). The minimum Gasteiger partial charge on any atom is -0.465 e. The van der Waals surface area contributed by atoms with E-state index in [-0.39, 0.29) is 30.4 Å². The van der Waals surface area contributed by atoms with Crippen molar-refractivity contribution in [2.24, 2.45) is 0 Å². The molecule has 0 spiro atoms. The van der Waals surface area contributed by atoms with Crippen molar-refractivity contribution in [1.29, 1.82) is 0 Å². The molecule has 2 N–H and O–H groups in total. The third kappa shape index (κ3) is 9.28. The zero-order chi connectivity index (χ0) is 37.9. The quantitative estimate of drug-likeness (QED) is 0.163. The Kier molecular flexibility index (Phi) is 11.9. The van der Waals surface area contributed by atoms with E-state index in [1.165, 1.54) is 18.3 Å². The molecule has 3 aliphatic rings. The van der Waals surface area contributed by atoms with Gasteiger partial charge >= 0.3 is 12.1 Å². The second-order valence-corrected chi connectivity index (χ2v) is 17.2. The summed E-state index contributed by atoms with van der Waals surface area (Å²) in [5, 5.41) is 5.91. The molecule has 286 valence electrons. The molecule has 2 aromatic heterocycles. The number of nitrogens with one attached hydrogen (secondary N) is 2. The Bertz CT molecular complexity index is 1870. The largest absolute Gasteiger partial charge is 0.465 e. The summed E-state index contributed by atoms with van der Waals surface area (Å²) >= 11 is 1.17. The maximum atomic E-state index is 14.0. The van der Waals surface area contributed by atoms with Crippen LogP contribution in [0.25, 0.3) is 10.1 Å². The van der Waals surface area contributed by atoms with E-state index in [9.17, 15) is 36.9 Å². The molecule has 3 aliphatic heterocycles. The van der Waals surface area contributed by atoms with Crippen molar-refractivity contribution >= 4 is 52.6 Å². The van der Waals surface area contributed by atoms with Crippen LogP contribution in [-0.4, -0.2) is 95.1 Å². The van der Waals surface area contributed by atoms with E-state index in [1.807, 2.05) is 18.3 Å². The summed E-state index contributed by atoms with van der Waals surface area (Å²) in [6.45, 7) is 2.58. The number of aromatic nitrogens is 1. The van der Waals surface area contributed by atoms with Crippen LogP contribution in [0.5, 0.6) is 0 Å². The summed E-state index contributed by atoms with van der Waals surface area (Å²) in [6, 6.07) is 7.67. The molecule has 3 fully saturated rings. The van der Waals surface area contributed by atoms with Crippen molar-refractivity contribution in [2.75, 3.05) is 26.3 Å². The lowest BCUT2D eigenvalue weighted by Gasteiger charge is -2.42. The first kappa shape index (κ1) is 38.9. The maximum Gasteiger partial charge on any atom is 0.412 e. The van der Waals surface area contributed by atoms with Gasteiger partial charge in [-0.3, -0.25) is 28.7 Å². The number of esters is 1. The van der Waals surface area contributed by atoms with Gasteiger partial charge in [0.05, 0.1) is 17.6 Å². The SMILES string of the molecule is CCCOC(=O)[C@H](C)NP(=O)(Cc1ccc2sc(C(=O)N[C@H]3CCC[C@H]4CC[C@@H](C(=O)N5CC(c6cccnc6)C5)N4C3=O)cc2c1)OCC(F)(F)F. The van der Waals surface area contributed by atoms with Gasteiger partial charge in [-0.1, -0.05) is 19.1 Å². The summed E-state index contributed by atoms with van der Waals surface area (Å²) in [7, 11) is -4.27. The average Bonchev–Trinajstić information content (AvgIpc) is 3.69. The number of hydrogen-bond donors (Lipinski definition) is 2. The topological polar surface area (TPSA) is 147 Å². The number of nitrogens with zero attached hydrogens (tertiary/aromatic N) is 3. The fourth-order valence-electron chi connectivity index (χ4n) is 7.19. The molecule has 5 heterocycles.